The molecule has 2 heterocycles. The standard InChI is InChI=1S/C23H30N4O3/c1-14(2)30-20-11-19(17-8-6-5-7-9-17)27(13-16(20)4)23(29)22(28)26-18-10-15(3)21(24)25-12-18/h5-10,12,14,16,19-20H,11,13H2,1-4H3,(H2,24,25)(H,26,28)/t16-,19-,20-/m0/s1. The fourth-order valence-electron chi connectivity index (χ4n) is 3.86. The number of likely N-dealkylation sites (tertiary alicyclic amines) is 1. The van der Waals surface area contributed by atoms with E-state index >= 15 is 0 Å². The Morgan fingerprint density at radius 2 is 1.97 bits per heavy atom. The number of hydrogen-bond donors (Lipinski definition) is 2. The number of nitrogen functional groups attached to an aromatic ring is 1. The average Bonchev–Trinajstić information content (AvgIpc) is 2.71. The minimum absolute atomic E-state index is 0.0197. The summed E-state index contributed by atoms with van der Waals surface area (Å²) in [6.07, 6.45) is 2.21. The lowest BCUT2D eigenvalue weighted by atomic mass is 9.87. The van der Waals surface area contributed by atoms with Crippen LogP contribution in [0.3, 0.4) is 0 Å². The molecule has 1 aromatic heterocycles. The SMILES string of the molecule is Cc1cc(NC(=O)C(=O)N2C[C@H](C)[C@@H](OC(C)C)C[C@H]2c2ccccc2)cnc1N. The molecule has 7 nitrogen and oxygen atoms in total. The fourth-order valence-corrected chi connectivity index (χ4v) is 3.86. The monoisotopic (exact) mass is 410 g/mol. The van der Waals surface area contributed by atoms with Crippen LogP contribution < -0.4 is 11.1 Å². The molecule has 0 unspecified atom stereocenters. The van der Waals surface area contributed by atoms with Crippen LogP contribution >= 0.6 is 0 Å². The number of aromatic nitrogens is 1. The van der Waals surface area contributed by atoms with Crippen LogP contribution in [0.4, 0.5) is 11.5 Å². The van der Waals surface area contributed by atoms with Crippen molar-refractivity contribution in [2.45, 2.75) is 52.4 Å². The minimum atomic E-state index is -0.683. The Kier molecular flexibility index (Phi) is 6.72. The van der Waals surface area contributed by atoms with Gasteiger partial charge < -0.3 is 20.7 Å². The molecular weight excluding hydrogens is 380 g/mol. The zero-order chi connectivity index (χ0) is 21.8. The molecule has 1 aromatic carbocycles. The summed E-state index contributed by atoms with van der Waals surface area (Å²) in [5.41, 5.74) is 7.91. The third-order valence-corrected chi connectivity index (χ3v) is 5.41. The molecule has 1 fully saturated rings. The van der Waals surface area contributed by atoms with Crippen molar-refractivity contribution in [3.63, 3.8) is 0 Å². The number of anilines is 2. The summed E-state index contributed by atoms with van der Waals surface area (Å²) in [5.74, 6) is -0.737. The molecule has 3 rings (SSSR count). The molecule has 0 saturated carbocycles. The zero-order valence-electron chi connectivity index (χ0n) is 18.0. The highest BCUT2D eigenvalue weighted by atomic mass is 16.5. The first-order chi connectivity index (χ1) is 14.3. The maximum absolute atomic E-state index is 13.1. The molecule has 1 saturated heterocycles. The summed E-state index contributed by atoms with van der Waals surface area (Å²) in [6.45, 7) is 8.32. The van der Waals surface area contributed by atoms with Crippen molar-refractivity contribution in [3.8, 4) is 0 Å². The maximum atomic E-state index is 13.1. The molecule has 0 bridgehead atoms. The third-order valence-electron chi connectivity index (χ3n) is 5.41. The summed E-state index contributed by atoms with van der Waals surface area (Å²) in [7, 11) is 0. The van der Waals surface area contributed by atoms with Gasteiger partial charge >= 0.3 is 11.8 Å². The maximum Gasteiger partial charge on any atom is 0.313 e. The van der Waals surface area contributed by atoms with Gasteiger partial charge in [0.2, 0.25) is 0 Å². The number of carbonyl (C=O) groups is 2. The summed E-state index contributed by atoms with van der Waals surface area (Å²) in [5, 5.41) is 2.66. The lowest BCUT2D eigenvalue weighted by Gasteiger charge is -2.43. The van der Waals surface area contributed by atoms with Crippen LogP contribution in [0.1, 0.15) is 44.4 Å². The molecular formula is C23H30N4O3. The van der Waals surface area contributed by atoms with Gasteiger partial charge in [-0.15, -0.1) is 0 Å². The number of pyridine rings is 1. The van der Waals surface area contributed by atoms with Gasteiger partial charge in [0, 0.05) is 12.5 Å². The highest BCUT2D eigenvalue weighted by Crippen LogP contribution is 2.35. The lowest BCUT2D eigenvalue weighted by molar-refractivity contribution is -0.151. The number of hydrogen-bond acceptors (Lipinski definition) is 5. The molecule has 3 N–H and O–H groups in total. The minimum Gasteiger partial charge on any atom is -0.383 e. The van der Waals surface area contributed by atoms with E-state index in [1.807, 2.05) is 44.2 Å². The second-order valence-corrected chi connectivity index (χ2v) is 8.20. The van der Waals surface area contributed by atoms with Crippen molar-refractivity contribution < 1.29 is 14.3 Å². The molecule has 2 amide bonds. The molecule has 7 heteroatoms. The van der Waals surface area contributed by atoms with Crippen molar-refractivity contribution in [2.75, 3.05) is 17.6 Å². The molecule has 1 aliphatic rings. The van der Waals surface area contributed by atoms with E-state index in [0.29, 0.717) is 24.5 Å². The Morgan fingerprint density at radius 1 is 1.27 bits per heavy atom. The van der Waals surface area contributed by atoms with Gasteiger partial charge in [-0.1, -0.05) is 37.3 Å². The summed E-state index contributed by atoms with van der Waals surface area (Å²) < 4.78 is 6.11. The van der Waals surface area contributed by atoms with E-state index in [-0.39, 0.29) is 24.2 Å². The van der Waals surface area contributed by atoms with Crippen molar-refractivity contribution in [3.05, 3.63) is 53.7 Å². The first kappa shape index (κ1) is 21.8. The number of nitrogens with two attached hydrogens (primary N) is 1. The van der Waals surface area contributed by atoms with E-state index in [9.17, 15) is 9.59 Å². The fraction of sp³-hybridized carbons (Fsp3) is 0.435. The van der Waals surface area contributed by atoms with Gasteiger partial charge in [-0.2, -0.15) is 0 Å². The van der Waals surface area contributed by atoms with E-state index in [2.05, 4.69) is 17.2 Å². The average molecular weight is 411 g/mol. The summed E-state index contributed by atoms with van der Waals surface area (Å²) in [6, 6.07) is 11.3. The van der Waals surface area contributed by atoms with E-state index in [1.165, 1.54) is 6.20 Å². The molecule has 2 aromatic rings. The van der Waals surface area contributed by atoms with Crippen LogP contribution in [0.5, 0.6) is 0 Å². The molecule has 1 aliphatic heterocycles. The number of rotatable bonds is 4. The van der Waals surface area contributed by atoms with Gasteiger partial charge in [0.15, 0.2) is 0 Å². The van der Waals surface area contributed by atoms with Gasteiger partial charge in [-0.05, 0) is 44.4 Å². The predicted molar refractivity (Wildman–Crippen MR) is 117 cm³/mol. The molecule has 160 valence electrons. The Hall–Kier alpha value is -2.93. The predicted octanol–water partition coefficient (Wildman–Crippen LogP) is 3.31. The van der Waals surface area contributed by atoms with Crippen LogP contribution in [0.15, 0.2) is 42.6 Å². The van der Waals surface area contributed by atoms with Crippen LogP contribution in [0.25, 0.3) is 0 Å². The highest BCUT2D eigenvalue weighted by molar-refractivity contribution is 6.39. The quantitative estimate of drug-likeness (QED) is 0.754. The number of benzene rings is 1. The number of carbonyl (C=O) groups excluding carboxylic acids is 2. The largest absolute Gasteiger partial charge is 0.383 e. The van der Waals surface area contributed by atoms with Gasteiger partial charge in [-0.3, -0.25) is 9.59 Å². The lowest BCUT2D eigenvalue weighted by Crippen LogP contribution is -2.51. The van der Waals surface area contributed by atoms with Crippen LogP contribution in [-0.2, 0) is 14.3 Å². The summed E-state index contributed by atoms with van der Waals surface area (Å²) >= 11 is 0. The van der Waals surface area contributed by atoms with Crippen molar-refractivity contribution in [2.24, 2.45) is 5.92 Å². The highest BCUT2D eigenvalue weighted by Gasteiger charge is 2.39. The second-order valence-electron chi connectivity index (χ2n) is 8.20. The first-order valence-electron chi connectivity index (χ1n) is 10.3. The van der Waals surface area contributed by atoms with Crippen molar-refractivity contribution in [1.82, 2.24) is 9.88 Å². The number of nitrogens with one attached hydrogen (secondary N) is 1. The van der Waals surface area contributed by atoms with E-state index in [4.69, 9.17) is 10.5 Å². The third kappa shape index (κ3) is 4.97. The Morgan fingerprint density at radius 3 is 2.60 bits per heavy atom. The van der Waals surface area contributed by atoms with Crippen LogP contribution in [-0.4, -0.2) is 40.5 Å². The first-order valence-corrected chi connectivity index (χ1v) is 10.3. The molecule has 3 atom stereocenters. The Labute approximate surface area is 177 Å². The second kappa shape index (κ2) is 9.26. The van der Waals surface area contributed by atoms with Gasteiger partial charge in [-0.25, -0.2) is 4.98 Å². The molecule has 0 radical (unpaired) electrons. The number of amides is 2. The van der Waals surface area contributed by atoms with Gasteiger partial charge in [0.25, 0.3) is 0 Å². The number of ether oxygens (including phenoxy) is 1. The number of aryl methyl sites for hydroxylation is 1. The van der Waals surface area contributed by atoms with E-state index in [1.54, 1.807) is 17.9 Å². The van der Waals surface area contributed by atoms with Crippen molar-refractivity contribution >= 4 is 23.3 Å². The van der Waals surface area contributed by atoms with Crippen molar-refractivity contribution in [1.29, 1.82) is 0 Å². The summed E-state index contributed by atoms with van der Waals surface area (Å²) in [4.78, 5) is 31.6. The van der Waals surface area contributed by atoms with Crippen LogP contribution in [0, 0.1) is 12.8 Å². The van der Waals surface area contributed by atoms with E-state index in [0.717, 1.165) is 11.1 Å². The smallest absolute Gasteiger partial charge is 0.313 e. The molecule has 0 spiro atoms. The Bertz CT molecular complexity index is 901. The molecule has 30 heavy (non-hydrogen) atoms. The van der Waals surface area contributed by atoms with Gasteiger partial charge in [0.1, 0.15) is 5.82 Å². The normalized spacial score (nSPS) is 21.5. The number of nitrogens with zero attached hydrogens (tertiary/aromatic N) is 2. The zero-order valence-corrected chi connectivity index (χ0v) is 18.0. The van der Waals surface area contributed by atoms with Crippen LogP contribution in [0.2, 0.25) is 0 Å². The number of piperidine rings is 1. The van der Waals surface area contributed by atoms with E-state index < -0.39 is 11.8 Å². The Balaban J connectivity index is 1.82. The van der Waals surface area contributed by atoms with Gasteiger partial charge in [0.05, 0.1) is 30.1 Å². The molecule has 0 aliphatic carbocycles. The topological polar surface area (TPSA) is 97.5 Å².